The van der Waals surface area contributed by atoms with E-state index in [-0.39, 0.29) is 45.7 Å². The minimum atomic E-state index is -0.400. The molecule has 106 valence electrons. The van der Waals surface area contributed by atoms with Crippen molar-refractivity contribution in [3.05, 3.63) is 28.0 Å². The number of thioether (sulfide) groups is 1. The monoisotopic (exact) mass is 333 g/mol. The van der Waals surface area contributed by atoms with E-state index in [1.165, 1.54) is 12.3 Å². The van der Waals surface area contributed by atoms with Gasteiger partial charge in [0.05, 0.1) is 16.3 Å². The number of rotatable bonds is 4. The van der Waals surface area contributed by atoms with Gasteiger partial charge in [-0.2, -0.15) is 0 Å². The van der Waals surface area contributed by atoms with Crippen molar-refractivity contribution < 1.29 is 14.4 Å². The predicted molar refractivity (Wildman–Crippen MR) is 76.2 cm³/mol. The van der Waals surface area contributed by atoms with Crippen LogP contribution in [0.25, 0.3) is 0 Å². The van der Waals surface area contributed by atoms with Gasteiger partial charge in [-0.15, -0.1) is 0 Å². The highest BCUT2D eigenvalue weighted by atomic mass is 35.5. The fraction of sp³-hybridized carbons (Fsp3) is 0.273. The average molecular weight is 334 g/mol. The molecule has 0 radical (unpaired) electrons. The summed E-state index contributed by atoms with van der Waals surface area (Å²) in [5.74, 6) is -0.489. The van der Waals surface area contributed by atoms with E-state index < -0.39 is 5.91 Å². The number of nitrogens with zero attached hydrogens (tertiary/aromatic N) is 2. The van der Waals surface area contributed by atoms with Crippen LogP contribution in [-0.4, -0.2) is 45.8 Å². The van der Waals surface area contributed by atoms with Crippen molar-refractivity contribution in [1.82, 2.24) is 15.2 Å². The van der Waals surface area contributed by atoms with E-state index in [1.54, 1.807) is 0 Å². The molecule has 1 aromatic heterocycles. The first-order chi connectivity index (χ1) is 9.49. The van der Waals surface area contributed by atoms with Gasteiger partial charge in [0.2, 0.25) is 5.91 Å². The van der Waals surface area contributed by atoms with Gasteiger partial charge in [-0.3, -0.25) is 19.3 Å². The lowest BCUT2D eigenvalue weighted by Gasteiger charge is -2.13. The normalized spacial score (nSPS) is 14.8. The molecule has 1 aromatic rings. The first-order valence-corrected chi connectivity index (χ1v) is 7.29. The third kappa shape index (κ3) is 3.41. The summed E-state index contributed by atoms with van der Waals surface area (Å²) < 4.78 is 0. The third-order valence-corrected chi connectivity index (χ3v) is 4.06. The molecule has 1 aliphatic heterocycles. The Balaban J connectivity index is 1.87. The van der Waals surface area contributed by atoms with Gasteiger partial charge in [-0.05, 0) is 6.07 Å². The van der Waals surface area contributed by atoms with Crippen molar-refractivity contribution in [2.45, 2.75) is 0 Å². The number of halogens is 2. The molecular formula is C11H9Cl2N3O3S. The lowest BCUT2D eigenvalue weighted by Crippen LogP contribution is -2.37. The Bertz CT molecular complexity index is 566. The number of hydrogen-bond acceptors (Lipinski definition) is 5. The average Bonchev–Trinajstić information content (AvgIpc) is 2.73. The Morgan fingerprint density at radius 3 is 2.80 bits per heavy atom. The third-order valence-electron chi connectivity index (χ3n) is 2.52. The van der Waals surface area contributed by atoms with E-state index >= 15 is 0 Å². The molecule has 1 fully saturated rings. The van der Waals surface area contributed by atoms with E-state index in [1.807, 2.05) is 0 Å². The smallest absolute Gasteiger partial charge is 0.288 e. The lowest BCUT2D eigenvalue weighted by atomic mass is 10.2. The van der Waals surface area contributed by atoms with Crippen LogP contribution in [0.4, 0.5) is 4.79 Å². The van der Waals surface area contributed by atoms with Crippen LogP contribution in [0.1, 0.15) is 10.4 Å². The van der Waals surface area contributed by atoms with Gasteiger partial charge in [-0.25, -0.2) is 4.98 Å². The Labute approximate surface area is 128 Å². The zero-order valence-electron chi connectivity index (χ0n) is 10.1. The number of amides is 3. The standard InChI is InChI=1S/C11H9Cl2N3O3S/c12-7-3-6(4-15-9(7)13)10(18)14-1-2-16-8(17)5-20-11(16)19/h3-4H,1-2,5H2,(H,14,18). The maximum Gasteiger partial charge on any atom is 0.288 e. The van der Waals surface area contributed by atoms with Crippen molar-refractivity contribution in [1.29, 1.82) is 0 Å². The van der Waals surface area contributed by atoms with Crippen molar-refractivity contribution in [2.75, 3.05) is 18.8 Å². The minimum Gasteiger partial charge on any atom is -0.350 e. The molecule has 3 amide bonds. The first kappa shape index (κ1) is 15.1. The van der Waals surface area contributed by atoms with E-state index in [9.17, 15) is 14.4 Å². The largest absolute Gasteiger partial charge is 0.350 e. The molecule has 2 rings (SSSR count). The molecule has 0 aromatic carbocycles. The molecule has 0 spiro atoms. The van der Waals surface area contributed by atoms with E-state index in [2.05, 4.69) is 10.3 Å². The summed E-state index contributed by atoms with van der Waals surface area (Å²) >= 11 is 12.4. The summed E-state index contributed by atoms with van der Waals surface area (Å²) in [6, 6.07) is 1.40. The number of hydrogen-bond donors (Lipinski definition) is 1. The topological polar surface area (TPSA) is 79.4 Å². The summed E-state index contributed by atoms with van der Waals surface area (Å²) in [4.78, 5) is 39.3. The zero-order valence-corrected chi connectivity index (χ0v) is 12.4. The second-order valence-electron chi connectivity index (χ2n) is 3.85. The SMILES string of the molecule is O=C(NCCN1C(=O)CSC1=O)c1cnc(Cl)c(Cl)c1. The molecular weight excluding hydrogens is 325 g/mol. The van der Waals surface area contributed by atoms with Crippen LogP contribution in [0, 0.1) is 0 Å². The fourth-order valence-electron chi connectivity index (χ4n) is 1.53. The lowest BCUT2D eigenvalue weighted by molar-refractivity contribution is -0.124. The quantitative estimate of drug-likeness (QED) is 0.850. The van der Waals surface area contributed by atoms with Crippen LogP contribution in [0.2, 0.25) is 10.2 Å². The van der Waals surface area contributed by atoms with Crippen LogP contribution in [0.15, 0.2) is 12.3 Å². The van der Waals surface area contributed by atoms with Gasteiger partial charge in [0.25, 0.3) is 11.1 Å². The number of aromatic nitrogens is 1. The molecule has 1 saturated heterocycles. The Hall–Kier alpha value is -1.31. The number of nitrogens with one attached hydrogen (secondary N) is 1. The summed E-state index contributed by atoms with van der Waals surface area (Å²) in [5, 5.41) is 2.59. The molecule has 0 atom stereocenters. The van der Waals surface area contributed by atoms with Gasteiger partial charge in [0, 0.05) is 19.3 Å². The van der Waals surface area contributed by atoms with Crippen LogP contribution < -0.4 is 5.32 Å². The second kappa shape index (κ2) is 6.43. The van der Waals surface area contributed by atoms with Crippen LogP contribution in [0.3, 0.4) is 0 Å². The van der Waals surface area contributed by atoms with E-state index in [0.717, 1.165) is 16.7 Å². The highest BCUT2D eigenvalue weighted by molar-refractivity contribution is 8.14. The molecule has 0 saturated carbocycles. The van der Waals surface area contributed by atoms with Crippen molar-refractivity contribution in [3.8, 4) is 0 Å². The second-order valence-corrected chi connectivity index (χ2v) is 5.54. The fourth-order valence-corrected chi connectivity index (χ4v) is 2.55. The molecule has 0 aliphatic carbocycles. The molecule has 20 heavy (non-hydrogen) atoms. The number of imide groups is 1. The Morgan fingerprint density at radius 1 is 1.45 bits per heavy atom. The van der Waals surface area contributed by atoms with Crippen LogP contribution >= 0.6 is 35.0 Å². The summed E-state index contributed by atoms with van der Waals surface area (Å²) in [5.41, 5.74) is 0.257. The number of carbonyl (C=O) groups is 3. The summed E-state index contributed by atoms with van der Waals surface area (Å²) in [6.07, 6.45) is 1.30. The molecule has 9 heteroatoms. The Morgan fingerprint density at radius 2 is 2.20 bits per heavy atom. The van der Waals surface area contributed by atoms with Gasteiger partial charge < -0.3 is 5.32 Å². The van der Waals surface area contributed by atoms with E-state index in [4.69, 9.17) is 23.2 Å². The van der Waals surface area contributed by atoms with Crippen molar-refractivity contribution >= 4 is 52.0 Å². The zero-order chi connectivity index (χ0) is 14.7. The number of carbonyl (C=O) groups excluding carboxylic acids is 3. The molecule has 0 bridgehead atoms. The van der Waals surface area contributed by atoms with Gasteiger partial charge >= 0.3 is 0 Å². The van der Waals surface area contributed by atoms with Crippen molar-refractivity contribution in [3.63, 3.8) is 0 Å². The highest BCUT2D eigenvalue weighted by Gasteiger charge is 2.29. The molecule has 1 N–H and O–H groups in total. The molecule has 2 heterocycles. The van der Waals surface area contributed by atoms with Gasteiger partial charge in [-0.1, -0.05) is 35.0 Å². The maximum absolute atomic E-state index is 11.8. The minimum absolute atomic E-state index is 0.119. The molecule has 1 aliphatic rings. The highest BCUT2D eigenvalue weighted by Crippen LogP contribution is 2.20. The number of pyridine rings is 1. The summed E-state index contributed by atoms with van der Waals surface area (Å²) in [7, 11) is 0. The van der Waals surface area contributed by atoms with Crippen LogP contribution in [0.5, 0.6) is 0 Å². The maximum atomic E-state index is 11.8. The van der Waals surface area contributed by atoms with Crippen LogP contribution in [-0.2, 0) is 4.79 Å². The molecule has 0 unspecified atom stereocenters. The van der Waals surface area contributed by atoms with Crippen molar-refractivity contribution in [2.24, 2.45) is 0 Å². The summed E-state index contributed by atoms with van der Waals surface area (Å²) in [6.45, 7) is 0.308. The first-order valence-electron chi connectivity index (χ1n) is 5.55. The molecule has 6 nitrogen and oxygen atoms in total. The predicted octanol–water partition coefficient (Wildman–Crippen LogP) is 1.81. The Kier molecular flexibility index (Phi) is 4.85. The van der Waals surface area contributed by atoms with Gasteiger partial charge in [0.1, 0.15) is 5.15 Å². The van der Waals surface area contributed by atoms with Gasteiger partial charge in [0.15, 0.2) is 0 Å². The van der Waals surface area contributed by atoms with E-state index in [0.29, 0.717) is 0 Å².